The quantitative estimate of drug-likeness (QED) is 0.720. The van der Waals surface area contributed by atoms with Gasteiger partial charge in [-0.1, -0.05) is 26.0 Å². The van der Waals surface area contributed by atoms with Gasteiger partial charge in [0.15, 0.2) is 11.4 Å². The molecule has 0 unspecified atom stereocenters. The number of rotatable bonds is 4. The topological polar surface area (TPSA) is 96.3 Å². The van der Waals surface area contributed by atoms with Gasteiger partial charge in [-0.25, -0.2) is 4.68 Å². The second-order valence-corrected chi connectivity index (χ2v) is 5.92. The zero-order valence-electron chi connectivity index (χ0n) is 14.0. The molecule has 1 heterocycles. The molecule has 10 heteroatoms. The van der Waals surface area contributed by atoms with Gasteiger partial charge >= 0.3 is 6.18 Å². The molecule has 0 radical (unpaired) electrons. The van der Waals surface area contributed by atoms with E-state index in [9.17, 15) is 27.9 Å². The van der Waals surface area contributed by atoms with Gasteiger partial charge in [0.2, 0.25) is 5.91 Å². The fraction of sp³-hybridized carbons (Fsp3) is 0.312. The molecule has 26 heavy (non-hydrogen) atoms. The number of halogens is 3. The summed E-state index contributed by atoms with van der Waals surface area (Å²) in [5.74, 6) is -1.96. The maximum atomic E-state index is 13.1. The lowest BCUT2D eigenvalue weighted by atomic mass is 10.1. The first-order chi connectivity index (χ1) is 12.1. The van der Waals surface area contributed by atoms with Crippen molar-refractivity contribution in [2.45, 2.75) is 26.4 Å². The van der Waals surface area contributed by atoms with E-state index in [0.29, 0.717) is 0 Å². The van der Waals surface area contributed by atoms with E-state index in [1.807, 2.05) is 13.8 Å². The number of aromatic nitrogens is 2. The van der Waals surface area contributed by atoms with E-state index in [-0.39, 0.29) is 18.0 Å². The van der Waals surface area contributed by atoms with Gasteiger partial charge < -0.3 is 5.11 Å². The minimum Gasteiger partial charge on any atom is -0.504 e. The summed E-state index contributed by atoms with van der Waals surface area (Å²) in [5.41, 5.74) is 2.36. The molecule has 2 aromatic rings. The van der Waals surface area contributed by atoms with Crippen molar-refractivity contribution in [2.75, 3.05) is 0 Å². The third-order valence-electron chi connectivity index (χ3n) is 3.28. The number of aromatic hydroxyl groups is 1. The SMILES string of the molecule is CC(C)CC(=O)NNC(=O)c1nn(-c2ccccc2C(F)(F)F)cc1O. The molecular formula is C16H17F3N4O3. The Bertz CT molecular complexity index is 815. The fourth-order valence-electron chi connectivity index (χ4n) is 2.17. The number of amides is 2. The molecular weight excluding hydrogens is 353 g/mol. The third-order valence-corrected chi connectivity index (χ3v) is 3.28. The number of hydrogen-bond donors (Lipinski definition) is 3. The maximum Gasteiger partial charge on any atom is 0.418 e. The highest BCUT2D eigenvalue weighted by Gasteiger charge is 2.34. The molecule has 0 aliphatic rings. The van der Waals surface area contributed by atoms with Gasteiger partial charge in [0.1, 0.15) is 0 Å². The van der Waals surface area contributed by atoms with Crippen LogP contribution in [0.25, 0.3) is 5.69 Å². The van der Waals surface area contributed by atoms with Gasteiger partial charge in [-0.15, -0.1) is 0 Å². The molecule has 0 fully saturated rings. The van der Waals surface area contributed by atoms with Crippen molar-refractivity contribution < 1.29 is 27.9 Å². The van der Waals surface area contributed by atoms with Crippen LogP contribution in [0.3, 0.4) is 0 Å². The zero-order chi connectivity index (χ0) is 19.5. The minimum atomic E-state index is -4.63. The molecule has 1 aromatic heterocycles. The number of hydrazine groups is 1. The molecule has 0 saturated carbocycles. The molecule has 0 aliphatic carbocycles. The smallest absolute Gasteiger partial charge is 0.418 e. The zero-order valence-corrected chi connectivity index (χ0v) is 14.0. The summed E-state index contributed by atoms with van der Waals surface area (Å²) in [7, 11) is 0. The van der Waals surface area contributed by atoms with Crippen molar-refractivity contribution in [1.29, 1.82) is 0 Å². The van der Waals surface area contributed by atoms with Crippen molar-refractivity contribution in [2.24, 2.45) is 5.92 Å². The molecule has 0 bridgehead atoms. The van der Waals surface area contributed by atoms with Crippen LogP contribution in [0.2, 0.25) is 0 Å². The summed E-state index contributed by atoms with van der Waals surface area (Å²) >= 11 is 0. The second kappa shape index (κ2) is 7.46. The number of benzene rings is 1. The van der Waals surface area contributed by atoms with Crippen molar-refractivity contribution >= 4 is 11.8 Å². The standard InChI is InChI=1S/C16H17F3N4O3/c1-9(2)7-13(25)20-21-15(26)14-12(24)8-23(22-14)11-6-4-3-5-10(11)16(17,18)19/h3-6,8-9,24H,7H2,1-2H3,(H,20,25)(H,21,26). The van der Waals surface area contributed by atoms with Crippen LogP contribution in [-0.4, -0.2) is 26.7 Å². The highest BCUT2D eigenvalue weighted by Crippen LogP contribution is 2.34. The molecule has 3 N–H and O–H groups in total. The van der Waals surface area contributed by atoms with Crippen LogP contribution >= 0.6 is 0 Å². The Hall–Kier alpha value is -3.04. The predicted octanol–water partition coefficient (Wildman–Crippen LogP) is 2.40. The number of para-hydroxylation sites is 1. The number of carbonyl (C=O) groups excluding carboxylic acids is 2. The Morgan fingerprint density at radius 2 is 1.88 bits per heavy atom. The van der Waals surface area contributed by atoms with E-state index < -0.39 is 35.0 Å². The number of nitrogens with zero attached hydrogens (tertiary/aromatic N) is 2. The summed E-state index contributed by atoms with van der Waals surface area (Å²) in [6.45, 7) is 3.62. The van der Waals surface area contributed by atoms with Crippen molar-refractivity contribution in [3.63, 3.8) is 0 Å². The Balaban J connectivity index is 2.22. The Morgan fingerprint density at radius 1 is 1.23 bits per heavy atom. The van der Waals surface area contributed by atoms with Crippen LogP contribution in [0.4, 0.5) is 13.2 Å². The van der Waals surface area contributed by atoms with E-state index in [2.05, 4.69) is 16.0 Å². The number of hydrogen-bond acceptors (Lipinski definition) is 4. The summed E-state index contributed by atoms with van der Waals surface area (Å²) < 4.78 is 40.0. The first kappa shape index (κ1) is 19.3. The van der Waals surface area contributed by atoms with E-state index in [0.717, 1.165) is 23.0 Å². The molecule has 7 nitrogen and oxygen atoms in total. The largest absolute Gasteiger partial charge is 0.504 e. The van der Waals surface area contributed by atoms with Crippen LogP contribution in [-0.2, 0) is 11.0 Å². The van der Waals surface area contributed by atoms with E-state index in [1.54, 1.807) is 0 Å². The summed E-state index contributed by atoms with van der Waals surface area (Å²) in [4.78, 5) is 23.5. The van der Waals surface area contributed by atoms with E-state index in [4.69, 9.17) is 0 Å². The van der Waals surface area contributed by atoms with Crippen LogP contribution < -0.4 is 10.9 Å². The highest BCUT2D eigenvalue weighted by atomic mass is 19.4. The fourth-order valence-corrected chi connectivity index (χ4v) is 2.17. The average Bonchev–Trinajstić information content (AvgIpc) is 2.93. The van der Waals surface area contributed by atoms with Gasteiger partial charge in [-0.3, -0.25) is 20.4 Å². The average molecular weight is 370 g/mol. The van der Waals surface area contributed by atoms with Crippen LogP contribution in [0.15, 0.2) is 30.5 Å². The number of carbonyl (C=O) groups is 2. The number of nitrogens with one attached hydrogen (secondary N) is 2. The molecule has 0 aliphatic heterocycles. The van der Waals surface area contributed by atoms with Crippen molar-refractivity contribution in [3.05, 3.63) is 41.7 Å². The third kappa shape index (κ3) is 4.52. The van der Waals surface area contributed by atoms with Crippen LogP contribution in [0.1, 0.15) is 36.3 Å². The lowest BCUT2D eigenvalue weighted by Crippen LogP contribution is -2.42. The maximum absolute atomic E-state index is 13.1. The Morgan fingerprint density at radius 3 is 2.50 bits per heavy atom. The van der Waals surface area contributed by atoms with Crippen molar-refractivity contribution in [3.8, 4) is 11.4 Å². The molecule has 2 amide bonds. The summed E-state index contributed by atoms with van der Waals surface area (Å²) in [6, 6.07) is 4.60. The summed E-state index contributed by atoms with van der Waals surface area (Å²) in [5, 5.41) is 13.5. The Kier molecular flexibility index (Phi) is 5.53. The molecule has 0 atom stereocenters. The predicted molar refractivity (Wildman–Crippen MR) is 85.3 cm³/mol. The molecule has 1 aromatic carbocycles. The molecule has 0 spiro atoms. The van der Waals surface area contributed by atoms with Crippen molar-refractivity contribution in [1.82, 2.24) is 20.6 Å². The van der Waals surface area contributed by atoms with E-state index in [1.165, 1.54) is 12.1 Å². The normalized spacial score (nSPS) is 11.5. The number of alkyl halides is 3. The van der Waals surface area contributed by atoms with Gasteiger partial charge in [-0.2, -0.15) is 18.3 Å². The minimum absolute atomic E-state index is 0.0679. The van der Waals surface area contributed by atoms with Gasteiger partial charge in [0.25, 0.3) is 5.91 Å². The molecule has 0 saturated heterocycles. The second-order valence-electron chi connectivity index (χ2n) is 5.92. The monoisotopic (exact) mass is 370 g/mol. The highest BCUT2D eigenvalue weighted by molar-refractivity contribution is 5.95. The first-order valence-electron chi connectivity index (χ1n) is 7.64. The van der Waals surface area contributed by atoms with E-state index >= 15 is 0 Å². The summed E-state index contributed by atoms with van der Waals surface area (Å²) in [6.07, 6.45) is -3.58. The van der Waals surface area contributed by atoms with Gasteiger partial charge in [0.05, 0.1) is 17.4 Å². The molecule has 140 valence electrons. The van der Waals surface area contributed by atoms with Gasteiger partial charge in [0, 0.05) is 6.42 Å². The first-order valence-corrected chi connectivity index (χ1v) is 7.64. The lowest BCUT2D eigenvalue weighted by Gasteiger charge is -2.12. The lowest BCUT2D eigenvalue weighted by molar-refractivity contribution is -0.137. The Labute approximate surface area is 146 Å². The van der Waals surface area contributed by atoms with Crippen LogP contribution in [0.5, 0.6) is 5.75 Å². The van der Waals surface area contributed by atoms with Crippen LogP contribution in [0, 0.1) is 5.92 Å². The molecule has 2 rings (SSSR count). The van der Waals surface area contributed by atoms with Gasteiger partial charge in [-0.05, 0) is 18.1 Å².